The van der Waals surface area contributed by atoms with Gasteiger partial charge in [0.2, 0.25) is 0 Å². The van der Waals surface area contributed by atoms with E-state index in [4.69, 9.17) is 5.73 Å². The monoisotopic (exact) mass is 424 g/mol. The van der Waals surface area contributed by atoms with E-state index < -0.39 is 11.8 Å². The first-order chi connectivity index (χ1) is 14.4. The number of nitrogens with zero attached hydrogens (tertiary/aromatic N) is 3. The summed E-state index contributed by atoms with van der Waals surface area (Å²) in [5.41, 5.74) is 7.87. The number of hydrogen-bond acceptors (Lipinski definition) is 6. The zero-order valence-electron chi connectivity index (χ0n) is 16.9. The van der Waals surface area contributed by atoms with E-state index in [1.54, 1.807) is 35.4 Å². The number of aryl methyl sites for hydroxylation is 1. The first-order valence-electron chi connectivity index (χ1n) is 9.86. The van der Waals surface area contributed by atoms with Crippen LogP contribution in [0.5, 0.6) is 0 Å². The molecule has 1 saturated heterocycles. The van der Waals surface area contributed by atoms with Gasteiger partial charge in [-0.3, -0.25) is 14.7 Å². The van der Waals surface area contributed by atoms with Crippen LogP contribution in [-0.4, -0.2) is 38.4 Å². The number of piperidine rings is 1. The van der Waals surface area contributed by atoms with Crippen molar-refractivity contribution in [2.24, 2.45) is 5.92 Å². The second kappa shape index (κ2) is 8.27. The topological polar surface area (TPSA) is 117 Å². The summed E-state index contributed by atoms with van der Waals surface area (Å²) in [6.07, 6.45) is 5.00. The van der Waals surface area contributed by atoms with Gasteiger partial charge >= 0.3 is 11.8 Å². The number of nitrogens with one attached hydrogen (secondary N) is 2. The van der Waals surface area contributed by atoms with Crippen molar-refractivity contribution >= 4 is 34.7 Å². The average molecular weight is 425 g/mol. The zero-order chi connectivity index (χ0) is 21.3. The molecule has 30 heavy (non-hydrogen) atoms. The van der Waals surface area contributed by atoms with Crippen molar-refractivity contribution in [2.75, 3.05) is 17.6 Å². The van der Waals surface area contributed by atoms with Gasteiger partial charge < -0.3 is 16.0 Å². The first-order valence-corrected chi connectivity index (χ1v) is 10.7. The lowest BCUT2D eigenvalue weighted by Gasteiger charge is -2.37. The highest BCUT2D eigenvalue weighted by Gasteiger charge is 2.35. The number of anilines is 2. The summed E-state index contributed by atoms with van der Waals surface area (Å²) in [4.78, 5) is 33.6. The molecule has 0 spiro atoms. The molecule has 1 fully saturated rings. The lowest BCUT2D eigenvalue weighted by molar-refractivity contribution is -0.146. The Kier molecular flexibility index (Phi) is 5.54. The maximum absolute atomic E-state index is 13.1. The van der Waals surface area contributed by atoms with Gasteiger partial charge in [-0.15, -0.1) is 11.3 Å². The molecule has 0 aromatic carbocycles. The van der Waals surface area contributed by atoms with Gasteiger partial charge in [-0.05, 0) is 55.5 Å². The minimum atomic E-state index is -0.662. The first kappa shape index (κ1) is 20.1. The molecule has 0 aliphatic carbocycles. The molecule has 8 nitrogen and oxygen atoms in total. The number of nitrogens with two attached hydrogens (primary N) is 1. The Bertz CT molecular complexity index is 1060. The molecular formula is C21H24N6O2S. The zero-order valence-corrected chi connectivity index (χ0v) is 17.7. The molecule has 0 unspecified atom stereocenters. The molecule has 3 aromatic heterocycles. The van der Waals surface area contributed by atoms with E-state index in [1.807, 2.05) is 18.2 Å². The van der Waals surface area contributed by atoms with Crippen molar-refractivity contribution in [1.29, 1.82) is 0 Å². The highest BCUT2D eigenvalue weighted by molar-refractivity contribution is 7.15. The number of thiophene rings is 1. The highest BCUT2D eigenvalue weighted by Crippen LogP contribution is 2.39. The van der Waals surface area contributed by atoms with Crippen LogP contribution in [-0.2, 0) is 9.59 Å². The maximum Gasteiger partial charge on any atom is 0.313 e. The molecule has 4 N–H and O–H groups in total. The summed E-state index contributed by atoms with van der Waals surface area (Å²) in [5, 5.41) is 9.63. The van der Waals surface area contributed by atoms with E-state index in [1.165, 1.54) is 6.20 Å². The number of amides is 2. The molecule has 0 radical (unpaired) electrons. The number of rotatable bonds is 3. The Labute approximate surface area is 178 Å². The van der Waals surface area contributed by atoms with Gasteiger partial charge in [0.15, 0.2) is 0 Å². The summed E-state index contributed by atoms with van der Waals surface area (Å²) in [6.45, 7) is 4.45. The molecule has 1 aliphatic heterocycles. The smallest absolute Gasteiger partial charge is 0.313 e. The van der Waals surface area contributed by atoms with Crippen LogP contribution < -0.4 is 11.1 Å². The second-order valence-corrected chi connectivity index (χ2v) is 8.82. The molecule has 4 rings (SSSR count). The molecule has 3 aromatic rings. The van der Waals surface area contributed by atoms with Crippen LogP contribution in [0.3, 0.4) is 0 Å². The van der Waals surface area contributed by atoms with Crippen LogP contribution in [0.4, 0.5) is 11.5 Å². The molecule has 0 saturated carbocycles. The predicted molar refractivity (Wildman–Crippen MR) is 117 cm³/mol. The number of H-pyrrole nitrogens is 1. The molecule has 2 amide bonds. The van der Waals surface area contributed by atoms with Crippen molar-refractivity contribution in [3.05, 3.63) is 47.1 Å². The fourth-order valence-corrected chi connectivity index (χ4v) is 4.84. The van der Waals surface area contributed by atoms with Gasteiger partial charge in [0.25, 0.3) is 0 Å². The fraction of sp³-hybridized carbons (Fsp3) is 0.333. The Morgan fingerprint density at radius 2 is 2.13 bits per heavy atom. The Morgan fingerprint density at radius 3 is 2.87 bits per heavy atom. The third kappa shape index (κ3) is 4.06. The van der Waals surface area contributed by atoms with E-state index >= 15 is 0 Å². The quantitative estimate of drug-likeness (QED) is 0.557. The number of pyridine rings is 1. The number of aromatic amines is 1. The summed E-state index contributed by atoms with van der Waals surface area (Å²) < 4.78 is 0. The average Bonchev–Trinajstić information content (AvgIpc) is 3.42. The molecule has 4 heterocycles. The van der Waals surface area contributed by atoms with Crippen LogP contribution in [0.1, 0.15) is 36.2 Å². The van der Waals surface area contributed by atoms with E-state index in [0.29, 0.717) is 24.0 Å². The van der Waals surface area contributed by atoms with Gasteiger partial charge in [0.05, 0.1) is 28.5 Å². The summed E-state index contributed by atoms with van der Waals surface area (Å²) in [5.74, 6) is -0.455. The van der Waals surface area contributed by atoms with Crippen LogP contribution in [0.2, 0.25) is 0 Å². The number of likely N-dealkylation sites (tertiary alicyclic amines) is 1. The van der Waals surface area contributed by atoms with E-state index in [0.717, 1.165) is 33.9 Å². The Morgan fingerprint density at radius 1 is 1.30 bits per heavy atom. The lowest BCUT2D eigenvalue weighted by Crippen LogP contribution is -2.46. The van der Waals surface area contributed by atoms with Gasteiger partial charge in [-0.1, -0.05) is 6.92 Å². The van der Waals surface area contributed by atoms with Gasteiger partial charge in [0.1, 0.15) is 5.82 Å². The van der Waals surface area contributed by atoms with Gasteiger partial charge in [-0.2, -0.15) is 5.10 Å². The molecule has 0 bridgehead atoms. The Balaban J connectivity index is 1.54. The summed E-state index contributed by atoms with van der Waals surface area (Å²) in [7, 11) is 0. The van der Waals surface area contributed by atoms with Crippen LogP contribution in [0, 0.1) is 12.8 Å². The largest absolute Gasteiger partial charge is 0.383 e. The van der Waals surface area contributed by atoms with Crippen LogP contribution in [0.15, 0.2) is 36.7 Å². The van der Waals surface area contributed by atoms with E-state index in [9.17, 15) is 9.59 Å². The molecule has 1 aliphatic rings. The minimum absolute atomic E-state index is 0.118. The second-order valence-electron chi connectivity index (χ2n) is 7.71. The fourth-order valence-electron chi connectivity index (χ4n) is 3.71. The number of aromatic nitrogens is 3. The van der Waals surface area contributed by atoms with Crippen molar-refractivity contribution in [3.8, 4) is 10.6 Å². The lowest BCUT2D eigenvalue weighted by atomic mass is 9.93. The van der Waals surface area contributed by atoms with Gasteiger partial charge in [0, 0.05) is 17.6 Å². The number of hydrogen-bond donors (Lipinski definition) is 3. The molecular weight excluding hydrogens is 400 g/mol. The van der Waals surface area contributed by atoms with Crippen molar-refractivity contribution in [1.82, 2.24) is 20.1 Å². The SMILES string of the molecule is Cc1cc(NC(=O)C(=O)N2C[C@H](C)CC[C@H]2c2ccc(-c3ccn[nH]3)s2)cnc1N. The standard InChI is InChI=1S/C21H24N6O2S/c1-12-3-4-16(18-6-5-17(30-18)15-7-8-24-26-15)27(11-12)21(29)20(28)25-14-9-13(2)19(22)23-10-14/h5-10,12,16H,3-4,11H2,1-2H3,(H2,22,23)(H,24,26)(H,25,28)/t12-,16+/m1/s1. The third-order valence-corrected chi connectivity index (χ3v) is 6.59. The van der Waals surface area contributed by atoms with Crippen molar-refractivity contribution in [3.63, 3.8) is 0 Å². The van der Waals surface area contributed by atoms with Crippen molar-refractivity contribution in [2.45, 2.75) is 32.7 Å². The normalized spacial score (nSPS) is 18.9. The highest BCUT2D eigenvalue weighted by atomic mass is 32.1. The van der Waals surface area contributed by atoms with Crippen LogP contribution in [0.25, 0.3) is 10.6 Å². The third-order valence-electron chi connectivity index (χ3n) is 5.37. The predicted octanol–water partition coefficient (Wildman–Crippen LogP) is 3.36. The summed E-state index contributed by atoms with van der Waals surface area (Å²) >= 11 is 1.62. The van der Waals surface area contributed by atoms with E-state index in [2.05, 4.69) is 27.4 Å². The number of carbonyl (C=O) groups excluding carboxylic acids is 2. The van der Waals surface area contributed by atoms with E-state index in [-0.39, 0.29) is 6.04 Å². The molecule has 9 heteroatoms. The maximum atomic E-state index is 13.1. The number of nitrogen functional groups attached to an aromatic ring is 1. The van der Waals surface area contributed by atoms with Crippen LogP contribution >= 0.6 is 11.3 Å². The molecule has 156 valence electrons. The number of carbonyl (C=O) groups is 2. The summed E-state index contributed by atoms with van der Waals surface area (Å²) in [6, 6.07) is 7.56. The van der Waals surface area contributed by atoms with Crippen molar-refractivity contribution < 1.29 is 9.59 Å². The minimum Gasteiger partial charge on any atom is -0.383 e. The molecule has 2 atom stereocenters. The van der Waals surface area contributed by atoms with Gasteiger partial charge in [-0.25, -0.2) is 4.98 Å². The Hall–Kier alpha value is -3.20.